The van der Waals surface area contributed by atoms with Crippen LogP contribution in [0.5, 0.6) is 0 Å². The minimum absolute atomic E-state index is 0.157. The number of hydrogen-bond donors (Lipinski definition) is 3. The minimum Gasteiger partial charge on any atom is -0.478 e. The molecule has 1 rings (SSSR count). The molecule has 0 amide bonds. The maximum absolute atomic E-state index is 11.6. The molecule has 0 atom stereocenters. The van der Waals surface area contributed by atoms with E-state index in [2.05, 4.69) is 21.5 Å². The average Bonchev–Trinajstić information content (AvgIpc) is 2.66. The molecule has 0 fully saturated rings. The third-order valence-electron chi connectivity index (χ3n) is 1.74. The van der Waals surface area contributed by atoms with Gasteiger partial charge in [-0.25, -0.2) is 17.9 Å². The van der Waals surface area contributed by atoms with E-state index in [4.69, 9.17) is 5.11 Å². The summed E-state index contributed by atoms with van der Waals surface area (Å²) < 4.78 is 25.5. The number of carbonyl (C=O) groups is 1. The average molecular weight is 245 g/mol. The van der Waals surface area contributed by atoms with Gasteiger partial charge in [0.15, 0.2) is 5.03 Å². The molecule has 1 aromatic heterocycles. The van der Waals surface area contributed by atoms with Crippen LogP contribution in [-0.4, -0.2) is 36.2 Å². The van der Waals surface area contributed by atoms with E-state index in [1.54, 1.807) is 6.08 Å². The number of sulfonamides is 1. The maximum atomic E-state index is 11.6. The molecule has 8 heteroatoms. The molecule has 16 heavy (non-hydrogen) atoms. The van der Waals surface area contributed by atoms with Crippen molar-refractivity contribution in [3.05, 3.63) is 24.4 Å². The standard InChI is InChI=1S/C8H11N3O4S/c1-2-3-4-10-16(14,15)7-6(8(12)13)5-9-11-7/h2,5,10H,1,3-4H2,(H,9,11)(H,12,13). The number of carboxylic acids is 1. The summed E-state index contributed by atoms with van der Waals surface area (Å²) in [6.45, 7) is 3.60. The van der Waals surface area contributed by atoms with Crippen LogP contribution in [0.1, 0.15) is 16.8 Å². The van der Waals surface area contributed by atoms with Crippen molar-refractivity contribution in [2.24, 2.45) is 0 Å². The zero-order valence-electron chi connectivity index (χ0n) is 8.30. The molecule has 0 bridgehead atoms. The molecule has 1 aromatic rings. The molecule has 0 aliphatic carbocycles. The SMILES string of the molecule is C=CCCNS(=O)(=O)c1[nH]ncc1C(=O)O. The fourth-order valence-electron chi connectivity index (χ4n) is 0.999. The number of aromatic amines is 1. The van der Waals surface area contributed by atoms with E-state index >= 15 is 0 Å². The van der Waals surface area contributed by atoms with Crippen LogP contribution >= 0.6 is 0 Å². The first-order valence-electron chi connectivity index (χ1n) is 4.36. The molecule has 0 aliphatic rings. The molecular formula is C8H11N3O4S. The van der Waals surface area contributed by atoms with Gasteiger partial charge in [0.1, 0.15) is 5.56 Å². The third kappa shape index (κ3) is 2.67. The lowest BCUT2D eigenvalue weighted by molar-refractivity contribution is 0.0692. The van der Waals surface area contributed by atoms with Crippen LogP contribution in [0.15, 0.2) is 23.9 Å². The molecule has 3 N–H and O–H groups in total. The lowest BCUT2D eigenvalue weighted by atomic mass is 10.4. The molecular weight excluding hydrogens is 234 g/mol. The summed E-state index contributed by atoms with van der Waals surface area (Å²) >= 11 is 0. The monoisotopic (exact) mass is 245 g/mol. The quantitative estimate of drug-likeness (QED) is 0.481. The summed E-state index contributed by atoms with van der Waals surface area (Å²) in [5.74, 6) is -1.35. The smallest absolute Gasteiger partial charge is 0.340 e. The number of hydrogen-bond acceptors (Lipinski definition) is 4. The topological polar surface area (TPSA) is 112 Å². The highest BCUT2D eigenvalue weighted by Crippen LogP contribution is 2.11. The molecule has 0 radical (unpaired) electrons. The van der Waals surface area contributed by atoms with E-state index in [-0.39, 0.29) is 12.1 Å². The molecule has 0 saturated heterocycles. The van der Waals surface area contributed by atoms with Crippen molar-refractivity contribution in [2.75, 3.05) is 6.54 Å². The number of aromatic carboxylic acids is 1. The molecule has 88 valence electrons. The van der Waals surface area contributed by atoms with E-state index in [1.807, 2.05) is 0 Å². The van der Waals surface area contributed by atoms with Crippen molar-refractivity contribution in [3.8, 4) is 0 Å². The predicted octanol–water partition coefficient (Wildman–Crippen LogP) is -0.0377. The molecule has 0 aromatic carbocycles. The zero-order chi connectivity index (χ0) is 12.2. The second kappa shape index (κ2) is 4.90. The van der Waals surface area contributed by atoms with Gasteiger partial charge in [-0.3, -0.25) is 5.10 Å². The Hall–Kier alpha value is -1.67. The van der Waals surface area contributed by atoms with Gasteiger partial charge in [0.05, 0.1) is 6.20 Å². The second-order valence-electron chi connectivity index (χ2n) is 2.89. The summed E-state index contributed by atoms with van der Waals surface area (Å²) in [5, 5.41) is 13.8. The Morgan fingerprint density at radius 2 is 2.38 bits per heavy atom. The normalized spacial score (nSPS) is 11.2. The molecule has 0 aliphatic heterocycles. The zero-order valence-corrected chi connectivity index (χ0v) is 9.12. The Morgan fingerprint density at radius 1 is 1.69 bits per heavy atom. The number of nitrogens with zero attached hydrogens (tertiary/aromatic N) is 1. The second-order valence-corrected chi connectivity index (χ2v) is 4.60. The van der Waals surface area contributed by atoms with Crippen LogP contribution in [0.25, 0.3) is 0 Å². The first-order chi connectivity index (χ1) is 7.49. The van der Waals surface area contributed by atoms with Gasteiger partial charge in [0.2, 0.25) is 0 Å². The van der Waals surface area contributed by atoms with Crippen LogP contribution < -0.4 is 4.72 Å². The van der Waals surface area contributed by atoms with Gasteiger partial charge in [-0.2, -0.15) is 5.10 Å². The van der Waals surface area contributed by atoms with Gasteiger partial charge in [-0.05, 0) is 6.42 Å². The van der Waals surface area contributed by atoms with Crippen LogP contribution in [0.4, 0.5) is 0 Å². The van der Waals surface area contributed by atoms with Crippen LogP contribution in [0.3, 0.4) is 0 Å². The van der Waals surface area contributed by atoms with E-state index in [0.29, 0.717) is 6.42 Å². The van der Waals surface area contributed by atoms with E-state index in [0.717, 1.165) is 6.20 Å². The largest absolute Gasteiger partial charge is 0.478 e. The van der Waals surface area contributed by atoms with Crippen molar-refractivity contribution in [3.63, 3.8) is 0 Å². The number of H-pyrrole nitrogens is 1. The summed E-state index contributed by atoms with van der Waals surface area (Å²) in [7, 11) is -3.86. The minimum atomic E-state index is -3.86. The highest BCUT2D eigenvalue weighted by atomic mass is 32.2. The predicted molar refractivity (Wildman–Crippen MR) is 55.5 cm³/mol. The van der Waals surface area contributed by atoms with Crippen molar-refractivity contribution >= 4 is 16.0 Å². The number of carboxylic acid groups (broad SMARTS) is 1. The number of nitrogens with one attached hydrogen (secondary N) is 2. The summed E-state index contributed by atoms with van der Waals surface area (Å²) in [6.07, 6.45) is 2.95. The van der Waals surface area contributed by atoms with Crippen molar-refractivity contribution < 1.29 is 18.3 Å². The molecule has 0 unspecified atom stereocenters. The number of aromatic nitrogens is 2. The Kier molecular flexibility index (Phi) is 3.80. The van der Waals surface area contributed by atoms with Crippen molar-refractivity contribution in [1.29, 1.82) is 0 Å². The molecule has 0 saturated carbocycles. The summed E-state index contributed by atoms with van der Waals surface area (Å²) in [4.78, 5) is 10.7. The summed E-state index contributed by atoms with van der Waals surface area (Å²) in [5.41, 5.74) is -0.383. The van der Waals surface area contributed by atoms with Crippen molar-refractivity contribution in [2.45, 2.75) is 11.4 Å². The lowest BCUT2D eigenvalue weighted by Crippen LogP contribution is -2.26. The van der Waals surface area contributed by atoms with E-state index in [9.17, 15) is 13.2 Å². The van der Waals surface area contributed by atoms with Gasteiger partial charge in [-0.15, -0.1) is 6.58 Å². The first kappa shape index (κ1) is 12.4. The van der Waals surface area contributed by atoms with Gasteiger partial charge in [-0.1, -0.05) is 6.08 Å². The van der Waals surface area contributed by atoms with Crippen molar-refractivity contribution in [1.82, 2.24) is 14.9 Å². The van der Waals surface area contributed by atoms with Gasteiger partial charge >= 0.3 is 5.97 Å². The Bertz CT molecular complexity index is 491. The molecule has 1 heterocycles. The Labute approximate surface area is 92.2 Å². The van der Waals surface area contributed by atoms with E-state index in [1.165, 1.54) is 0 Å². The Morgan fingerprint density at radius 3 is 2.94 bits per heavy atom. The maximum Gasteiger partial charge on any atom is 0.340 e. The fraction of sp³-hybridized carbons (Fsp3) is 0.250. The highest BCUT2D eigenvalue weighted by Gasteiger charge is 2.23. The van der Waals surface area contributed by atoms with Gasteiger partial charge in [0.25, 0.3) is 10.0 Å². The number of rotatable bonds is 6. The van der Waals surface area contributed by atoms with Crippen LogP contribution in [0.2, 0.25) is 0 Å². The molecule has 7 nitrogen and oxygen atoms in total. The van der Waals surface area contributed by atoms with Gasteiger partial charge < -0.3 is 5.11 Å². The lowest BCUT2D eigenvalue weighted by Gasteiger charge is -2.03. The van der Waals surface area contributed by atoms with Crippen LogP contribution in [-0.2, 0) is 10.0 Å². The van der Waals surface area contributed by atoms with Gasteiger partial charge in [0, 0.05) is 6.54 Å². The first-order valence-corrected chi connectivity index (χ1v) is 5.84. The Balaban J connectivity index is 2.94. The van der Waals surface area contributed by atoms with E-state index < -0.39 is 21.0 Å². The molecule has 0 spiro atoms. The third-order valence-corrected chi connectivity index (χ3v) is 3.18. The van der Waals surface area contributed by atoms with Crippen LogP contribution in [0, 0.1) is 0 Å². The highest BCUT2D eigenvalue weighted by molar-refractivity contribution is 7.89. The fourth-order valence-corrected chi connectivity index (χ4v) is 2.13. The summed E-state index contributed by atoms with van der Waals surface area (Å²) in [6, 6.07) is 0.